The van der Waals surface area contributed by atoms with Gasteiger partial charge in [-0.05, 0) is 97.7 Å². The van der Waals surface area contributed by atoms with Crippen LogP contribution in [0, 0.1) is 0 Å². The maximum atomic E-state index is 13.6. The van der Waals surface area contributed by atoms with Crippen LogP contribution in [0.3, 0.4) is 0 Å². The van der Waals surface area contributed by atoms with Crippen molar-refractivity contribution in [2.45, 2.75) is 218 Å². The number of carboxylic acids is 1. The maximum absolute atomic E-state index is 13.6. The van der Waals surface area contributed by atoms with Crippen LogP contribution in [-0.2, 0) is 33.6 Å². The Morgan fingerprint density at radius 3 is 1.16 bits per heavy atom. The minimum atomic E-state index is -1.21. The molecule has 0 heterocycles. The van der Waals surface area contributed by atoms with Crippen LogP contribution in [0.2, 0.25) is 0 Å². The number of unbranched alkanes of at least 4 members (excludes halogenated alkanes) is 17. The highest BCUT2D eigenvalue weighted by Crippen LogP contribution is 2.14. The van der Waals surface area contributed by atoms with Crippen LogP contribution in [-0.4, -0.2) is 108 Å². The number of hydrogen-bond donors (Lipinski definition) is 11. The summed E-state index contributed by atoms with van der Waals surface area (Å²) in [6.07, 6.45) is 22.3. The van der Waals surface area contributed by atoms with Gasteiger partial charge in [0.15, 0.2) is 0 Å². The number of carbonyl (C=O) groups is 7. The van der Waals surface area contributed by atoms with Gasteiger partial charge in [-0.1, -0.05) is 96.8 Å². The van der Waals surface area contributed by atoms with Crippen molar-refractivity contribution in [3.63, 3.8) is 0 Å². The van der Waals surface area contributed by atoms with E-state index in [-0.39, 0.29) is 37.3 Å². The Labute approximate surface area is 383 Å². The molecule has 0 aromatic heterocycles. The third kappa shape index (κ3) is 30.3. The van der Waals surface area contributed by atoms with Crippen LogP contribution in [0.5, 0.6) is 0 Å². The number of carboxylic acid groups (broad SMARTS) is 1. The van der Waals surface area contributed by atoms with Crippen molar-refractivity contribution in [1.29, 1.82) is 0 Å². The van der Waals surface area contributed by atoms with Crippen LogP contribution in [0.15, 0.2) is 0 Å². The number of amides is 6. The van der Waals surface area contributed by atoms with Crippen molar-refractivity contribution in [2.24, 2.45) is 17.2 Å². The molecule has 17 nitrogen and oxygen atoms in total. The normalized spacial score (nSPS) is 14.0. The van der Waals surface area contributed by atoms with E-state index in [1.54, 1.807) is 0 Å². The van der Waals surface area contributed by atoms with Crippen molar-refractivity contribution in [3.05, 3.63) is 0 Å². The van der Waals surface area contributed by atoms with Gasteiger partial charge >= 0.3 is 5.97 Å². The van der Waals surface area contributed by atoms with E-state index in [0.717, 1.165) is 19.3 Å². The summed E-state index contributed by atoms with van der Waals surface area (Å²) < 4.78 is 0. The minimum absolute atomic E-state index is 0.0155. The van der Waals surface area contributed by atoms with E-state index >= 15 is 0 Å². The van der Waals surface area contributed by atoms with Gasteiger partial charge in [0.25, 0.3) is 0 Å². The second kappa shape index (κ2) is 38.9. The van der Waals surface area contributed by atoms with Gasteiger partial charge in [-0.25, -0.2) is 4.79 Å². The molecule has 6 atom stereocenters. The Kier molecular flexibility index (Phi) is 36.8. The van der Waals surface area contributed by atoms with E-state index in [1.807, 2.05) is 0 Å². The molecule has 0 aromatic rings. The molecule has 0 aliphatic heterocycles. The average Bonchev–Trinajstić information content (AvgIpc) is 3.25. The van der Waals surface area contributed by atoms with Crippen LogP contribution in [0.25, 0.3) is 0 Å². The number of aliphatic carboxylic acids is 1. The molecular formula is C45H87N9O8S. The molecule has 0 saturated heterocycles. The number of carbonyl (C=O) groups excluding carboxylic acids is 6. The van der Waals surface area contributed by atoms with Crippen molar-refractivity contribution < 1.29 is 38.7 Å². The molecule has 6 amide bonds. The molecule has 0 radical (unpaired) electrons. The second-order valence-electron chi connectivity index (χ2n) is 16.8. The number of rotatable bonds is 41. The minimum Gasteiger partial charge on any atom is -0.480 e. The fourth-order valence-corrected chi connectivity index (χ4v) is 7.27. The molecule has 0 bridgehead atoms. The van der Waals surface area contributed by atoms with E-state index in [2.05, 4.69) is 51.5 Å². The lowest BCUT2D eigenvalue weighted by Gasteiger charge is -2.26. The quantitative estimate of drug-likeness (QED) is 0.0311. The molecule has 0 rings (SSSR count). The lowest BCUT2D eigenvalue weighted by molar-refractivity contribution is -0.142. The fraction of sp³-hybridized carbons (Fsp3) is 0.844. The molecule has 0 saturated carbocycles. The summed E-state index contributed by atoms with van der Waals surface area (Å²) in [6.45, 7) is 6.19. The third-order valence-electron chi connectivity index (χ3n) is 11.1. The van der Waals surface area contributed by atoms with Gasteiger partial charge < -0.3 is 54.2 Å². The zero-order valence-electron chi connectivity index (χ0n) is 39.0. The zero-order chi connectivity index (χ0) is 47.3. The summed E-state index contributed by atoms with van der Waals surface area (Å²) in [4.78, 5) is 90.8. The topological polar surface area (TPSA) is 290 Å². The molecule has 63 heavy (non-hydrogen) atoms. The predicted octanol–water partition coefficient (Wildman–Crippen LogP) is 3.60. The average molecular weight is 914 g/mol. The molecule has 366 valence electrons. The number of nitrogens with one attached hydrogen (secondary N) is 6. The van der Waals surface area contributed by atoms with Crippen molar-refractivity contribution in [1.82, 2.24) is 31.9 Å². The predicted molar refractivity (Wildman–Crippen MR) is 253 cm³/mol. The van der Waals surface area contributed by atoms with Crippen LogP contribution < -0.4 is 49.1 Å². The van der Waals surface area contributed by atoms with Gasteiger partial charge in [0.05, 0.1) is 0 Å². The highest BCUT2D eigenvalue weighted by atomic mass is 32.1. The summed E-state index contributed by atoms with van der Waals surface area (Å²) in [5.74, 6) is -4.76. The fourth-order valence-electron chi connectivity index (χ4n) is 7.02. The Morgan fingerprint density at radius 1 is 0.429 bits per heavy atom. The Bertz CT molecular complexity index is 1300. The van der Waals surface area contributed by atoms with Crippen LogP contribution in [0.4, 0.5) is 0 Å². The van der Waals surface area contributed by atoms with Gasteiger partial charge in [-0.15, -0.1) is 0 Å². The Hall–Kier alpha value is -3.48. The maximum Gasteiger partial charge on any atom is 0.326 e. The summed E-state index contributed by atoms with van der Waals surface area (Å²) in [5.41, 5.74) is 16.8. The van der Waals surface area contributed by atoms with Crippen molar-refractivity contribution >= 4 is 54.0 Å². The third-order valence-corrected chi connectivity index (χ3v) is 11.4. The summed E-state index contributed by atoms with van der Waals surface area (Å²) in [5, 5.41) is 25.4. The molecule has 13 N–H and O–H groups in total. The standard InChI is InChI=1S/C45H87N9O8S/c1-4-5-6-7-8-9-10-11-12-13-14-15-16-17-18-28-39(55)51-38(32-63)44(60)50-33(2)40(56)49-34(3)41(57)52-35(25-19-22-29-46)42(58)53-36(26-20-23-30-47)43(59)54-37(45(61)62)27-21-24-31-48/h33-38,63H,4-32,46-48H2,1-3H3,(H,49,56)(H,50,60)(H,51,55)(H,52,57)(H,53,58)(H,54,59)(H,61,62)/t33-,34-,35-,36-,37-,38-/m0/s1. The molecule has 0 aliphatic rings. The first-order valence-corrected chi connectivity index (χ1v) is 24.6. The van der Waals surface area contributed by atoms with Gasteiger partial charge in [0, 0.05) is 12.2 Å². The lowest BCUT2D eigenvalue weighted by atomic mass is 10.0. The summed E-state index contributed by atoms with van der Waals surface area (Å²) >= 11 is 4.23. The zero-order valence-corrected chi connectivity index (χ0v) is 39.8. The molecule has 0 spiro atoms. The lowest BCUT2D eigenvalue weighted by Crippen LogP contribution is -2.58. The molecule has 18 heteroatoms. The first kappa shape index (κ1) is 59.5. The van der Waals surface area contributed by atoms with E-state index in [1.165, 1.54) is 84.5 Å². The smallest absolute Gasteiger partial charge is 0.326 e. The largest absolute Gasteiger partial charge is 0.480 e. The monoisotopic (exact) mass is 914 g/mol. The van der Waals surface area contributed by atoms with Crippen molar-refractivity contribution in [2.75, 3.05) is 25.4 Å². The highest BCUT2D eigenvalue weighted by molar-refractivity contribution is 7.80. The van der Waals surface area contributed by atoms with E-state index in [9.17, 15) is 38.7 Å². The SMILES string of the molecule is CCCCCCCCCCCCCCCCCC(=O)N[C@@H](CS)C(=O)N[C@@H](C)C(=O)N[C@@H](C)C(=O)N[C@@H](CCCCN)C(=O)N[C@@H](CCCCN)C(=O)N[C@@H](CCCCN)C(=O)O. The highest BCUT2D eigenvalue weighted by Gasteiger charge is 2.31. The molecule has 0 fully saturated rings. The van der Waals surface area contributed by atoms with Crippen molar-refractivity contribution in [3.8, 4) is 0 Å². The van der Waals surface area contributed by atoms with E-state index in [0.29, 0.717) is 64.6 Å². The van der Waals surface area contributed by atoms with E-state index < -0.39 is 71.8 Å². The van der Waals surface area contributed by atoms with Gasteiger partial charge in [0.1, 0.15) is 36.3 Å². The van der Waals surface area contributed by atoms with Crippen LogP contribution >= 0.6 is 12.6 Å². The Morgan fingerprint density at radius 2 is 0.762 bits per heavy atom. The van der Waals surface area contributed by atoms with Gasteiger partial charge in [0.2, 0.25) is 35.4 Å². The van der Waals surface area contributed by atoms with E-state index in [4.69, 9.17) is 17.2 Å². The number of nitrogens with two attached hydrogens (primary N) is 3. The van der Waals surface area contributed by atoms with Crippen LogP contribution in [0.1, 0.15) is 181 Å². The van der Waals surface area contributed by atoms with Gasteiger partial charge in [-0.3, -0.25) is 28.8 Å². The molecule has 0 unspecified atom stereocenters. The molecule has 0 aromatic carbocycles. The summed E-state index contributed by atoms with van der Waals surface area (Å²) in [7, 11) is 0. The second-order valence-corrected chi connectivity index (χ2v) is 17.2. The first-order chi connectivity index (χ1) is 30.2. The Balaban J connectivity index is 5.04. The van der Waals surface area contributed by atoms with Gasteiger partial charge in [-0.2, -0.15) is 12.6 Å². The summed E-state index contributed by atoms with van der Waals surface area (Å²) in [6, 6.07) is -6.57. The first-order valence-electron chi connectivity index (χ1n) is 24.0. The number of thiol groups is 1. The number of hydrogen-bond acceptors (Lipinski definition) is 11. The molecule has 0 aliphatic carbocycles. The molecular weight excluding hydrogens is 827 g/mol.